The van der Waals surface area contributed by atoms with Crippen LogP contribution in [0, 0.1) is 0 Å². The summed E-state index contributed by atoms with van der Waals surface area (Å²) in [6, 6.07) is 1.70. The molecule has 1 unspecified atom stereocenters. The molecule has 1 atom stereocenters. The third kappa shape index (κ3) is 2.36. The molecule has 0 radical (unpaired) electrons. The van der Waals surface area contributed by atoms with Crippen LogP contribution in [0.2, 0.25) is 10.0 Å². The highest BCUT2D eigenvalue weighted by atomic mass is 35.5. The first-order valence-corrected chi connectivity index (χ1v) is 7.50. The number of fused-ring (bicyclic) bond motifs is 1. The standard InChI is InChI=1S/C13H14Cl2O2S/c1-3-4-5-9-12(16)7-6-8(17-2)10(14)11(15)13(7)18-9/h6,9H,3-5H2,1-2H3. The van der Waals surface area contributed by atoms with Crippen LogP contribution in [0.4, 0.5) is 0 Å². The van der Waals surface area contributed by atoms with Gasteiger partial charge in [0.1, 0.15) is 10.8 Å². The number of hydrogen-bond donors (Lipinski definition) is 0. The number of carbonyl (C=O) groups is 1. The van der Waals surface area contributed by atoms with Crippen LogP contribution in [-0.2, 0) is 0 Å². The SMILES string of the molecule is CCCCC1Sc2c(cc(OC)c(Cl)c2Cl)C1=O. The Balaban J connectivity index is 2.37. The molecule has 1 aliphatic rings. The summed E-state index contributed by atoms with van der Waals surface area (Å²) in [7, 11) is 1.52. The van der Waals surface area contributed by atoms with Gasteiger partial charge in [0.05, 0.1) is 17.4 Å². The molecule has 2 rings (SSSR count). The van der Waals surface area contributed by atoms with Crippen molar-refractivity contribution in [3.8, 4) is 5.75 Å². The summed E-state index contributed by atoms with van der Waals surface area (Å²) in [5.41, 5.74) is 0.646. The normalized spacial score (nSPS) is 18.0. The molecule has 0 fully saturated rings. The van der Waals surface area contributed by atoms with Gasteiger partial charge < -0.3 is 4.74 Å². The first kappa shape index (κ1) is 14.0. The van der Waals surface area contributed by atoms with E-state index in [4.69, 9.17) is 27.9 Å². The van der Waals surface area contributed by atoms with E-state index in [0.29, 0.717) is 21.4 Å². The molecule has 2 nitrogen and oxygen atoms in total. The van der Waals surface area contributed by atoms with Crippen molar-refractivity contribution in [2.75, 3.05) is 7.11 Å². The molecule has 0 N–H and O–H groups in total. The van der Waals surface area contributed by atoms with Crippen molar-refractivity contribution in [3.63, 3.8) is 0 Å². The van der Waals surface area contributed by atoms with E-state index < -0.39 is 0 Å². The molecule has 18 heavy (non-hydrogen) atoms. The predicted molar refractivity (Wildman–Crippen MR) is 76.5 cm³/mol. The van der Waals surface area contributed by atoms with Gasteiger partial charge in [0, 0.05) is 10.5 Å². The molecular weight excluding hydrogens is 291 g/mol. The van der Waals surface area contributed by atoms with Gasteiger partial charge in [-0.1, -0.05) is 43.0 Å². The molecule has 1 aromatic rings. The van der Waals surface area contributed by atoms with Crippen molar-refractivity contribution >= 4 is 40.7 Å². The van der Waals surface area contributed by atoms with Crippen LogP contribution >= 0.6 is 35.0 Å². The number of unbranched alkanes of at least 4 members (excludes halogenated alkanes) is 1. The maximum atomic E-state index is 12.3. The maximum absolute atomic E-state index is 12.3. The Hall–Kier alpha value is -0.380. The Labute approximate surface area is 121 Å². The van der Waals surface area contributed by atoms with E-state index in [2.05, 4.69) is 6.92 Å². The molecule has 0 saturated carbocycles. The fraction of sp³-hybridized carbons (Fsp3) is 0.462. The molecule has 0 spiro atoms. The third-order valence-electron chi connectivity index (χ3n) is 2.99. The van der Waals surface area contributed by atoms with Gasteiger partial charge in [-0.3, -0.25) is 4.79 Å². The Morgan fingerprint density at radius 1 is 1.39 bits per heavy atom. The van der Waals surface area contributed by atoms with Crippen LogP contribution in [0.5, 0.6) is 5.75 Å². The van der Waals surface area contributed by atoms with Gasteiger partial charge in [-0.25, -0.2) is 0 Å². The second kappa shape index (κ2) is 5.72. The van der Waals surface area contributed by atoms with E-state index in [0.717, 1.165) is 24.2 Å². The minimum atomic E-state index is -0.0272. The predicted octanol–water partition coefficient (Wildman–Crippen LogP) is 4.85. The lowest BCUT2D eigenvalue weighted by Crippen LogP contribution is -2.11. The lowest BCUT2D eigenvalue weighted by atomic mass is 10.0. The van der Waals surface area contributed by atoms with Gasteiger partial charge >= 0.3 is 0 Å². The van der Waals surface area contributed by atoms with Gasteiger partial charge in [0.2, 0.25) is 0 Å². The topological polar surface area (TPSA) is 26.3 Å². The smallest absolute Gasteiger partial charge is 0.177 e. The summed E-state index contributed by atoms with van der Waals surface area (Å²) < 4.78 is 5.14. The molecule has 1 aromatic carbocycles. The van der Waals surface area contributed by atoms with Gasteiger partial charge in [0.15, 0.2) is 5.78 Å². The van der Waals surface area contributed by atoms with Crippen molar-refractivity contribution in [1.82, 2.24) is 0 Å². The zero-order valence-electron chi connectivity index (χ0n) is 10.3. The monoisotopic (exact) mass is 304 g/mol. The van der Waals surface area contributed by atoms with Gasteiger partial charge in [-0.05, 0) is 12.5 Å². The Bertz CT molecular complexity index is 488. The Kier molecular flexibility index (Phi) is 4.46. The van der Waals surface area contributed by atoms with Crippen LogP contribution in [0.25, 0.3) is 0 Å². The number of thioether (sulfide) groups is 1. The van der Waals surface area contributed by atoms with Crippen molar-refractivity contribution < 1.29 is 9.53 Å². The van der Waals surface area contributed by atoms with Crippen LogP contribution in [0.15, 0.2) is 11.0 Å². The van der Waals surface area contributed by atoms with Gasteiger partial charge in [0.25, 0.3) is 0 Å². The molecule has 0 aromatic heterocycles. The first-order valence-electron chi connectivity index (χ1n) is 5.87. The molecule has 1 heterocycles. The number of hydrogen-bond acceptors (Lipinski definition) is 3. The van der Waals surface area contributed by atoms with E-state index in [1.54, 1.807) is 6.07 Å². The highest BCUT2D eigenvalue weighted by Gasteiger charge is 2.34. The summed E-state index contributed by atoms with van der Waals surface area (Å²) in [5.74, 6) is 0.603. The molecule has 0 bridgehead atoms. The number of rotatable bonds is 4. The average molecular weight is 305 g/mol. The zero-order chi connectivity index (χ0) is 13.3. The molecule has 0 amide bonds. The molecule has 0 aliphatic carbocycles. The van der Waals surface area contributed by atoms with Crippen molar-refractivity contribution in [3.05, 3.63) is 21.7 Å². The average Bonchev–Trinajstić information content (AvgIpc) is 2.68. The number of methoxy groups -OCH3 is 1. The number of benzene rings is 1. The fourth-order valence-electron chi connectivity index (χ4n) is 1.98. The zero-order valence-corrected chi connectivity index (χ0v) is 12.6. The van der Waals surface area contributed by atoms with Gasteiger partial charge in [-0.15, -0.1) is 11.8 Å². The maximum Gasteiger partial charge on any atom is 0.177 e. The van der Waals surface area contributed by atoms with Gasteiger partial charge in [-0.2, -0.15) is 0 Å². The van der Waals surface area contributed by atoms with Crippen LogP contribution in [0.1, 0.15) is 36.5 Å². The van der Waals surface area contributed by atoms with Crippen LogP contribution < -0.4 is 4.74 Å². The van der Waals surface area contributed by atoms with E-state index in [1.165, 1.54) is 18.9 Å². The van der Waals surface area contributed by atoms with E-state index in [1.807, 2.05) is 0 Å². The minimum absolute atomic E-state index is 0.0272. The third-order valence-corrected chi connectivity index (χ3v) is 5.34. The summed E-state index contributed by atoms with van der Waals surface area (Å²) >= 11 is 13.8. The molecule has 5 heteroatoms. The summed E-state index contributed by atoms with van der Waals surface area (Å²) in [6.07, 6.45) is 3.00. The Morgan fingerprint density at radius 2 is 2.11 bits per heavy atom. The Morgan fingerprint density at radius 3 is 2.72 bits per heavy atom. The number of ketones is 1. The number of Topliss-reactive ketones (excluding diaryl/α,β-unsaturated/α-hetero) is 1. The highest BCUT2D eigenvalue weighted by Crippen LogP contribution is 2.48. The highest BCUT2D eigenvalue weighted by molar-refractivity contribution is 8.01. The lowest BCUT2D eigenvalue weighted by molar-refractivity contribution is 0.0988. The van der Waals surface area contributed by atoms with E-state index >= 15 is 0 Å². The molecule has 98 valence electrons. The van der Waals surface area contributed by atoms with Crippen LogP contribution in [-0.4, -0.2) is 18.1 Å². The second-order valence-electron chi connectivity index (χ2n) is 4.20. The summed E-state index contributed by atoms with van der Waals surface area (Å²) in [6.45, 7) is 2.12. The summed E-state index contributed by atoms with van der Waals surface area (Å²) in [5, 5.41) is 0.790. The molecule has 1 aliphatic heterocycles. The minimum Gasteiger partial charge on any atom is -0.495 e. The van der Waals surface area contributed by atoms with Crippen molar-refractivity contribution in [2.45, 2.75) is 36.3 Å². The van der Waals surface area contributed by atoms with Crippen molar-refractivity contribution in [1.29, 1.82) is 0 Å². The number of carbonyl (C=O) groups excluding carboxylic acids is 1. The largest absolute Gasteiger partial charge is 0.495 e. The quantitative estimate of drug-likeness (QED) is 0.795. The fourth-order valence-corrected chi connectivity index (χ4v) is 3.89. The molecular formula is C13H14Cl2O2S. The first-order chi connectivity index (χ1) is 8.60. The van der Waals surface area contributed by atoms with E-state index in [-0.39, 0.29) is 11.0 Å². The van der Waals surface area contributed by atoms with Crippen LogP contribution in [0.3, 0.4) is 0 Å². The second-order valence-corrected chi connectivity index (χ2v) is 6.17. The number of ether oxygens (including phenoxy) is 1. The lowest BCUT2D eigenvalue weighted by Gasteiger charge is -2.07. The molecule has 0 saturated heterocycles. The summed E-state index contributed by atoms with van der Waals surface area (Å²) in [4.78, 5) is 13.1. The van der Waals surface area contributed by atoms with Crippen molar-refractivity contribution in [2.24, 2.45) is 0 Å². The number of halogens is 2. The van der Waals surface area contributed by atoms with E-state index in [9.17, 15) is 4.79 Å².